The molecule has 0 spiro atoms. The zero-order chi connectivity index (χ0) is 10.8. The number of halogens is 1. The van der Waals surface area contributed by atoms with Gasteiger partial charge in [-0.2, -0.15) is 0 Å². The molecule has 0 saturated heterocycles. The Morgan fingerprint density at radius 3 is 2.80 bits per heavy atom. The second-order valence-electron chi connectivity index (χ2n) is 3.16. The number of hydrogen-bond donors (Lipinski definition) is 0. The van der Waals surface area contributed by atoms with Crippen LogP contribution in [-0.2, 0) is 0 Å². The number of hydrogen-bond acceptors (Lipinski definition) is 2. The number of aldehydes is 1. The minimum atomic E-state index is 0.416. The van der Waals surface area contributed by atoms with Crippen LogP contribution in [0.3, 0.4) is 0 Å². The minimum absolute atomic E-state index is 0.416. The van der Waals surface area contributed by atoms with E-state index in [4.69, 9.17) is 0 Å². The maximum absolute atomic E-state index is 10.8. The Balaban J connectivity index is 2.68. The van der Waals surface area contributed by atoms with Crippen LogP contribution < -0.4 is 0 Å². The van der Waals surface area contributed by atoms with Crippen LogP contribution in [0.1, 0.15) is 16.3 Å². The molecule has 1 aromatic carbocycles. The van der Waals surface area contributed by atoms with Crippen molar-refractivity contribution in [3.63, 3.8) is 0 Å². The quantitative estimate of drug-likeness (QED) is 0.782. The van der Waals surface area contributed by atoms with Gasteiger partial charge in [0.25, 0.3) is 0 Å². The number of rotatable bonds is 2. The largest absolute Gasteiger partial charge is 0.294 e. The molecule has 0 N–H and O–H groups in total. The number of nitrogens with zero attached hydrogens (tertiary/aromatic N) is 2. The van der Waals surface area contributed by atoms with Crippen LogP contribution in [0, 0.1) is 6.92 Å². The van der Waals surface area contributed by atoms with Crippen molar-refractivity contribution in [2.45, 2.75) is 6.92 Å². The van der Waals surface area contributed by atoms with Crippen molar-refractivity contribution >= 4 is 22.2 Å². The average Bonchev–Trinajstić information content (AvgIpc) is 2.60. The summed E-state index contributed by atoms with van der Waals surface area (Å²) >= 11 is 3.45. The van der Waals surface area contributed by atoms with E-state index >= 15 is 0 Å². The third-order valence-electron chi connectivity index (χ3n) is 2.16. The standard InChI is InChI=1S/C11H9BrN2O/c1-8-6-13-11(7-15)14(8)10-5-3-2-4-9(10)12/h2-7H,1H3. The van der Waals surface area contributed by atoms with E-state index in [2.05, 4.69) is 20.9 Å². The number of benzene rings is 1. The fourth-order valence-corrected chi connectivity index (χ4v) is 1.95. The van der Waals surface area contributed by atoms with Crippen molar-refractivity contribution in [3.8, 4) is 5.69 Å². The van der Waals surface area contributed by atoms with Crippen LogP contribution in [0.15, 0.2) is 34.9 Å². The van der Waals surface area contributed by atoms with Gasteiger partial charge in [-0.1, -0.05) is 12.1 Å². The van der Waals surface area contributed by atoms with E-state index in [0.29, 0.717) is 5.82 Å². The van der Waals surface area contributed by atoms with Crippen LogP contribution in [-0.4, -0.2) is 15.8 Å². The topological polar surface area (TPSA) is 34.9 Å². The van der Waals surface area contributed by atoms with Gasteiger partial charge in [0.05, 0.1) is 5.69 Å². The molecule has 15 heavy (non-hydrogen) atoms. The predicted octanol–water partition coefficient (Wildman–Crippen LogP) is 2.76. The second kappa shape index (κ2) is 3.98. The van der Waals surface area contributed by atoms with E-state index < -0.39 is 0 Å². The normalized spacial score (nSPS) is 10.3. The summed E-state index contributed by atoms with van der Waals surface area (Å²) in [7, 11) is 0. The summed E-state index contributed by atoms with van der Waals surface area (Å²) in [6, 6.07) is 7.73. The Hall–Kier alpha value is -1.42. The molecule has 2 rings (SSSR count). The summed E-state index contributed by atoms with van der Waals surface area (Å²) in [6.07, 6.45) is 2.44. The molecule has 0 radical (unpaired) electrons. The lowest BCUT2D eigenvalue weighted by molar-refractivity contribution is 0.111. The molecule has 0 aliphatic carbocycles. The molecule has 0 atom stereocenters. The lowest BCUT2D eigenvalue weighted by Gasteiger charge is -2.08. The van der Waals surface area contributed by atoms with Gasteiger partial charge in [0.1, 0.15) is 0 Å². The SMILES string of the molecule is Cc1cnc(C=O)n1-c1ccccc1Br. The van der Waals surface area contributed by atoms with Gasteiger partial charge in [-0.25, -0.2) is 4.98 Å². The molecule has 0 aliphatic rings. The molecule has 0 amide bonds. The van der Waals surface area contributed by atoms with Gasteiger partial charge in [0.15, 0.2) is 12.1 Å². The minimum Gasteiger partial charge on any atom is -0.294 e. The van der Waals surface area contributed by atoms with Crippen LogP contribution >= 0.6 is 15.9 Å². The fourth-order valence-electron chi connectivity index (χ4n) is 1.49. The molecule has 76 valence electrons. The van der Waals surface area contributed by atoms with Gasteiger partial charge in [-0.3, -0.25) is 9.36 Å². The number of imidazole rings is 1. The first kappa shape index (κ1) is 10.1. The summed E-state index contributed by atoms with van der Waals surface area (Å²) in [6.45, 7) is 1.92. The highest BCUT2D eigenvalue weighted by Gasteiger charge is 2.09. The Morgan fingerprint density at radius 2 is 2.13 bits per heavy atom. The van der Waals surface area contributed by atoms with E-state index in [0.717, 1.165) is 22.1 Å². The van der Waals surface area contributed by atoms with E-state index in [1.165, 1.54) is 0 Å². The van der Waals surface area contributed by atoms with Crippen molar-refractivity contribution in [2.75, 3.05) is 0 Å². The van der Waals surface area contributed by atoms with Gasteiger partial charge >= 0.3 is 0 Å². The third kappa shape index (κ3) is 1.72. The first-order chi connectivity index (χ1) is 7.24. The van der Waals surface area contributed by atoms with Crippen LogP contribution in [0.4, 0.5) is 0 Å². The second-order valence-corrected chi connectivity index (χ2v) is 4.02. The number of carbonyl (C=O) groups excluding carboxylic acids is 1. The average molecular weight is 265 g/mol. The highest BCUT2D eigenvalue weighted by molar-refractivity contribution is 9.10. The summed E-state index contributed by atoms with van der Waals surface area (Å²) in [5, 5.41) is 0. The Morgan fingerprint density at radius 1 is 1.40 bits per heavy atom. The molecule has 1 heterocycles. The van der Waals surface area contributed by atoms with E-state index in [-0.39, 0.29) is 0 Å². The number of carbonyl (C=O) groups is 1. The zero-order valence-electron chi connectivity index (χ0n) is 8.14. The van der Waals surface area contributed by atoms with Crippen molar-refractivity contribution < 1.29 is 4.79 Å². The van der Waals surface area contributed by atoms with Gasteiger partial charge in [-0.05, 0) is 35.0 Å². The lowest BCUT2D eigenvalue weighted by Crippen LogP contribution is -2.02. The molecule has 1 aromatic heterocycles. The molecular weight excluding hydrogens is 256 g/mol. The fraction of sp³-hybridized carbons (Fsp3) is 0.0909. The monoisotopic (exact) mass is 264 g/mol. The van der Waals surface area contributed by atoms with Crippen LogP contribution in [0.5, 0.6) is 0 Å². The zero-order valence-corrected chi connectivity index (χ0v) is 9.73. The molecule has 0 bridgehead atoms. The van der Waals surface area contributed by atoms with Crippen molar-refractivity contribution in [1.82, 2.24) is 9.55 Å². The van der Waals surface area contributed by atoms with Gasteiger partial charge in [0.2, 0.25) is 0 Å². The molecule has 4 heteroatoms. The number of para-hydroxylation sites is 1. The summed E-state index contributed by atoms with van der Waals surface area (Å²) < 4.78 is 2.76. The molecular formula is C11H9BrN2O. The predicted molar refractivity (Wildman–Crippen MR) is 61.4 cm³/mol. The van der Waals surface area contributed by atoms with Gasteiger partial charge < -0.3 is 0 Å². The van der Waals surface area contributed by atoms with Crippen molar-refractivity contribution in [1.29, 1.82) is 0 Å². The van der Waals surface area contributed by atoms with Crippen molar-refractivity contribution in [3.05, 3.63) is 46.5 Å². The smallest absolute Gasteiger partial charge is 0.185 e. The highest BCUT2D eigenvalue weighted by Crippen LogP contribution is 2.22. The molecule has 0 saturated carbocycles. The van der Waals surface area contributed by atoms with Crippen LogP contribution in [0.2, 0.25) is 0 Å². The molecule has 0 fully saturated rings. The molecule has 0 aliphatic heterocycles. The Labute approximate surface area is 95.9 Å². The first-order valence-corrected chi connectivity index (χ1v) is 5.28. The Kier molecular flexibility index (Phi) is 2.68. The highest BCUT2D eigenvalue weighted by atomic mass is 79.9. The van der Waals surface area contributed by atoms with Gasteiger partial charge in [-0.15, -0.1) is 0 Å². The van der Waals surface area contributed by atoms with Crippen LogP contribution in [0.25, 0.3) is 5.69 Å². The molecule has 3 nitrogen and oxygen atoms in total. The maximum atomic E-state index is 10.8. The van der Waals surface area contributed by atoms with E-state index in [1.807, 2.05) is 35.8 Å². The van der Waals surface area contributed by atoms with Crippen molar-refractivity contribution in [2.24, 2.45) is 0 Å². The van der Waals surface area contributed by atoms with Gasteiger partial charge in [0, 0.05) is 16.4 Å². The van der Waals surface area contributed by atoms with E-state index in [9.17, 15) is 4.79 Å². The lowest BCUT2D eigenvalue weighted by atomic mass is 10.3. The summed E-state index contributed by atoms with van der Waals surface area (Å²) in [4.78, 5) is 14.9. The third-order valence-corrected chi connectivity index (χ3v) is 2.83. The number of aryl methyl sites for hydroxylation is 1. The van der Waals surface area contributed by atoms with E-state index in [1.54, 1.807) is 6.20 Å². The maximum Gasteiger partial charge on any atom is 0.185 e. The molecule has 0 unspecified atom stereocenters. The summed E-state index contributed by atoms with van der Waals surface area (Å²) in [5.74, 6) is 0.416. The Bertz CT molecular complexity index is 505. The number of aromatic nitrogens is 2. The summed E-state index contributed by atoms with van der Waals surface area (Å²) in [5.41, 5.74) is 1.86. The first-order valence-electron chi connectivity index (χ1n) is 4.48. The molecule has 2 aromatic rings.